The van der Waals surface area contributed by atoms with Crippen molar-refractivity contribution in [3.63, 3.8) is 0 Å². The highest BCUT2D eigenvalue weighted by Gasteiger charge is 2.19. The summed E-state index contributed by atoms with van der Waals surface area (Å²) in [6.07, 6.45) is 0. The molecule has 0 N–H and O–H groups in total. The van der Waals surface area contributed by atoms with Crippen molar-refractivity contribution >= 4 is 5.91 Å². The van der Waals surface area contributed by atoms with E-state index in [0.717, 1.165) is 11.5 Å². The number of aryl methyl sites for hydroxylation is 1. The molecule has 0 aliphatic rings. The molecule has 1 heterocycles. The first-order chi connectivity index (χ1) is 11.6. The van der Waals surface area contributed by atoms with Crippen LogP contribution < -0.4 is 9.47 Å². The molecule has 24 heavy (non-hydrogen) atoms. The molecule has 1 aromatic carbocycles. The SMILES string of the molecule is COCCN(Cc1ccc(C)o1)C(=O)c1cc(OC)cc(OC)c1. The fourth-order valence-corrected chi connectivity index (χ4v) is 2.33. The van der Waals surface area contributed by atoms with E-state index in [4.69, 9.17) is 18.6 Å². The van der Waals surface area contributed by atoms with Crippen LogP contribution in [0.5, 0.6) is 11.5 Å². The van der Waals surface area contributed by atoms with E-state index in [0.29, 0.717) is 36.8 Å². The molecule has 0 aliphatic carbocycles. The van der Waals surface area contributed by atoms with Crippen LogP contribution in [0, 0.1) is 6.92 Å². The Morgan fingerprint density at radius 3 is 2.25 bits per heavy atom. The lowest BCUT2D eigenvalue weighted by molar-refractivity contribution is 0.0665. The molecule has 6 heteroatoms. The lowest BCUT2D eigenvalue weighted by Gasteiger charge is -2.22. The smallest absolute Gasteiger partial charge is 0.254 e. The number of nitrogens with zero attached hydrogens (tertiary/aromatic N) is 1. The van der Waals surface area contributed by atoms with E-state index in [1.165, 1.54) is 0 Å². The van der Waals surface area contributed by atoms with Gasteiger partial charge in [-0.15, -0.1) is 0 Å². The Balaban J connectivity index is 2.25. The molecule has 130 valence electrons. The van der Waals surface area contributed by atoms with Gasteiger partial charge in [-0.1, -0.05) is 0 Å². The van der Waals surface area contributed by atoms with Gasteiger partial charge in [0.15, 0.2) is 0 Å². The maximum Gasteiger partial charge on any atom is 0.254 e. The number of methoxy groups -OCH3 is 3. The summed E-state index contributed by atoms with van der Waals surface area (Å²) in [7, 11) is 4.71. The van der Waals surface area contributed by atoms with Gasteiger partial charge in [-0.2, -0.15) is 0 Å². The van der Waals surface area contributed by atoms with Crippen LogP contribution >= 0.6 is 0 Å². The monoisotopic (exact) mass is 333 g/mol. The third-order valence-corrected chi connectivity index (χ3v) is 3.59. The van der Waals surface area contributed by atoms with Gasteiger partial charge in [-0.3, -0.25) is 4.79 Å². The fraction of sp³-hybridized carbons (Fsp3) is 0.389. The molecule has 1 amide bonds. The molecular formula is C18H23NO5. The van der Waals surface area contributed by atoms with Crippen molar-refractivity contribution in [1.82, 2.24) is 4.90 Å². The predicted molar refractivity (Wildman–Crippen MR) is 89.6 cm³/mol. The molecule has 0 saturated carbocycles. The number of carbonyl (C=O) groups excluding carboxylic acids is 1. The van der Waals surface area contributed by atoms with Crippen molar-refractivity contribution in [2.45, 2.75) is 13.5 Å². The minimum atomic E-state index is -0.140. The highest BCUT2D eigenvalue weighted by Crippen LogP contribution is 2.24. The van der Waals surface area contributed by atoms with Crippen LogP contribution in [0.1, 0.15) is 21.9 Å². The first-order valence-corrected chi connectivity index (χ1v) is 7.64. The number of ether oxygens (including phenoxy) is 3. The Morgan fingerprint density at radius 1 is 1.08 bits per heavy atom. The van der Waals surface area contributed by atoms with Crippen molar-refractivity contribution in [3.8, 4) is 11.5 Å². The van der Waals surface area contributed by atoms with Crippen molar-refractivity contribution in [2.75, 3.05) is 34.5 Å². The highest BCUT2D eigenvalue weighted by atomic mass is 16.5. The van der Waals surface area contributed by atoms with Gasteiger partial charge in [-0.05, 0) is 31.2 Å². The standard InChI is InChI=1S/C18H23NO5/c1-13-5-6-15(24-13)12-19(7-8-21-2)18(20)14-9-16(22-3)11-17(10-14)23-4/h5-6,9-11H,7-8,12H2,1-4H3. The number of rotatable bonds is 8. The van der Waals surface area contributed by atoms with Gasteiger partial charge in [-0.25, -0.2) is 0 Å². The molecule has 0 spiro atoms. The first kappa shape index (κ1) is 17.9. The summed E-state index contributed by atoms with van der Waals surface area (Å²) < 4.78 is 21.2. The Labute approximate surface area is 141 Å². The van der Waals surface area contributed by atoms with Gasteiger partial charge in [0.2, 0.25) is 0 Å². The van der Waals surface area contributed by atoms with Gasteiger partial charge in [0.1, 0.15) is 23.0 Å². The van der Waals surface area contributed by atoms with Gasteiger partial charge in [0, 0.05) is 25.3 Å². The van der Waals surface area contributed by atoms with E-state index in [2.05, 4.69) is 0 Å². The zero-order valence-electron chi connectivity index (χ0n) is 14.5. The van der Waals surface area contributed by atoms with Crippen molar-refractivity contribution in [3.05, 3.63) is 47.4 Å². The van der Waals surface area contributed by atoms with Gasteiger partial charge < -0.3 is 23.5 Å². The van der Waals surface area contributed by atoms with Crippen LogP contribution in [0.3, 0.4) is 0 Å². The Bertz CT molecular complexity index is 658. The van der Waals surface area contributed by atoms with Crippen LogP contribution in [0.2, 0.25) is 0 Å². The first-order valence-electron chi connectivity index (χ1n) is 7.64. The quantitative estimate of drug-likeness (QED) is 0.743. The molecular weight excluding hydrogens is 310 g/mol. The maximum atomic E-state index is 12.9. The van der Waals surface area contributed by atoms with E-state index < -0.39 is 0 Å². The number of benzene rings is 1. The molecule has 1 aromatic heterocycles. The number of carbonyl (C=O) groups is 1. The van der Waals surface area contributed by atoms with Crippen LogP contribution in [-0.4, -0.2) is 45.3 Å². The van der Waals surface area contributed by atoms with Gasteiger partial charge in [0.05, 0.1) is 27.4 Å². The highest BCUT2D eigenvalue weighted by molar-refractivity contribution is 5.95. The van der Waals surface area contributed by atoms with Crippen LogP contribution in [0.4, 0.5) is 0 Å². The van der Waals surface area contributed by atoms with E-state index in [-0.39, 0.29) is 5.91 Å². The summed E-state index contributed by atoms with van der Waals surface area (Å²) in [6, 6.07) is 8.86. The summed E-state index contributed by atoms with van der Waals surface area (Å²) in [5, 5.41) is 0. The van der Waals surface area contributed by atoms with E-state index in [9.17, 15) is 4.79 Å². The molecule has 0 aliphatic heterocycles. The molecule has 6 nitrogen and oxygen atoms in total. The lowest BCUT2D eigenvalue weighted by Crippen LogP contribution is -2.33. The van der Waals surface area contributed by atoms with E-state index in [1.807, 2.05) is 19.1 Å². The van der Waals surface area contributed by atoms with Gasteiger partial charge >= 0.3 is 0 Å². The van der Waals surface area contributed by atoms with E-state index in [1.54, 1.807) is 44.4 Å². The normalized spacial score (nSPS) is 10.5. The Hall–Kier alpha value is -2.47. The minimum absolute atomic E-state index is 0.140. The van der Waals surface area contributed by atoms with Crippen molar-refractivity contribution in [1.29, 1.82) is 0 Å². The number of furan rings is 1. The van der Waals surface area contributed by atoms with E-state index >= 15 is 0 Å². The molecule has 0 bridgehead atoms. The number of hydrogen-bond donors (Lipinski definition) is 0. The maximum absolute atomic E-state index is 12.9. The summed E-state index contributed by atoms with van der Waals surface area (Å²) in [5.74, 6) is 2.54. The van der Waals surface area contributed by atoms with Crippen molar-refractivity contribution < 1.29 is 23.4 Å². The number of hydrogen-bond acceptors (Lipinski definition) is 5. The zero-order valence-corrected chi connectivity index (χ0v) is 14.5. The summed E-state index contributed by atoms with van der Waals surface area (Å²) in [5.41, 5.74) is 0.491. The lowest BCUT2D eigenvalue weighted by atomic mass is 10.1. The van der Waals surface area contributed by atoms with Crippen molar-refractivity contribution in [2.24, 2.45) is 0 Å². The molecule has 2 aromatic rings. The fourth-order valence-electron chi connectivity index (χ4n) is 2.33. The van der Waals surface area contributed by atoms with Crippen LogP contribution in [-0.2, 0) is 11.3 Å². The average Bonchev–Trinajstić information content (AvgIpc) is 3.02. The van der Waals surface area contributed by atoms with Gasteiger partial charge in [0.25, 0.3) is 5.91 Å². The molecule has 0 fully saturated rings. The van der Waals surface area contributed by atoms with Crippen LogP contribution in [0.25, 0.3) is 0 Å². The summed E-state index contributed by atoms with van der Waals surface area (Å²) >= 11 is 0. The molecule has 0 unspecified atom stereocenters. The second-order valence-corrected chi connectivity index (χ2v) is 5.33. The summed E-state index contributed by atoms with van der Waals surface area (Å²) in [6.45, 7) is 3.13. The molecule has 0 radical (unpaired) electrons. The zero-order chi connectivity index (χ0) is 17.5. The molecule has 2 rings (SSSR count). The molecule has 0 atom stereocenters. The Morgan fingerprint density at radius 2 is 1.75 bits per heavy atom. The van der Waals surface area contributed by atoms with Crippen LogP contribution in [0.15, 0.2) is 34.7 Å². The average molecular weight is 333 g/mol. The second-order valence-electron chi connectivity index (χ2n) is 5.33. The summed E-state index contributed by atoms with van der Waals surface area (Å²) in [4.78, 5) is 14.6. The molecule has 0 saturated heterocycles. The largest absolute Gasteiger partial charge is 0.497 e. The third kappa shape index (κ3) is 4.52. The number of amides is 1. The predicted octanol–water partition coefficient (Wildman–Crippen LogP) is 2.89. The third-order valence-electron chi connectivity index (χ3n) is 3.59. The topological polar surface area (TPSA) is 61.1 Å². The Kier molecular flexibility index (Phi) is 6.26. The minimum Gasteiger partial charge on any atom is -0.497 e. The second kappa shape index (κ2) is 8.40.